The van der Waals surface area contributed by atoms with E-state index < -0.39 is 48.6 Å². The number of amides is 1. The highest BCUT2D eigenvalue weighted by Gasteiger charge is 2.51. The Morgan fingerprint density at radius 1 is 1.08 bits per heavy atom. The molecule has 2 rings (SSSR count). The quantitative estimate of drug-likeness (QED) is 0.651. The number of nitrogens with two attached hydrogens (primary N) is 1. The van der Waals surface area contributed by atoms with Crippen molar-refractivity contribution >= 4 is 17.8 Å². The standard InChI is InChI=1S/C17H21NO8/c1-9(19)24-15-13(23-8-11-6-4-3-5-7-11)12(21)14(16(18)22)26-17(15)25-10(2)20/h3-7,12-15,17,21H,8H2,1-2H3,(H2,18,22). The summed E-state index contributed by atoms with van der Waals surface area (Å²) in [5.41, 5.74) is 6.02. The summed E-state index contributed by atoms with van der Waals surface area (Å²) in [4.78, 5) is 34.3. The highest BCUT2D eigenvalue weighted by Crippen LogP contribution is 2.28. The molecule has 142 valence electrons. The van der Waals surface area contributed by atoms with Gasteiger partial charge in [-0.05, 0) is 5.56 Å². The fraction of sp³-hybridized carbons (Fsp3) is 0.471. The second-order valence-electron chi connectivity index (χ2n) is 5.76. The predicted molar refractivity (Wildman–Crippen MR) is 86.2 cm³/mol. The molecule has 1 saturated heterocycles. The van der Waals surface area contributed by atoms with Gasteiger partial charge in [0.25, 0.3) is 0 Å². The molecule has 3 N–H and O–H groups in total. The molecule has 1 aliphatic rings. The second-order valence-corrected chi connectivity index (χ2v) is 5.76. The van der Waals surface area contributed by atoms with Gasteiger partial charge in [0, 0.05) is 13.8 Å². The molecule has 5 atom stereocenters. The number of primary amides is 1. The van der Waals surface area contributed by atoms with Crippen molar-refractivity contribution in [3.8, 4) is 0 Å². The third kappa shape index (κ3) is 5.01. The molecular weight excluding hydrogens is 346 g/mol. The Morgan fingerprint density at radius 2 is 1.69 bits per heavy atom. The Balaban J connectivity index is 2.26. The summed E-state index contributed by atoms with van der Waals surface area (Å²) < 4.78 is 21.0. The number of aliphatic hydroxyl groups excluding tert-OH is 1. The Hall–Kier alpha value is -2.49. The molecular formula is C17H21NO8. The SMILES string of the molecule is CC(=O)OC1OC(C(N)=O)C(O)C(OCc2ccccc2)C1OC(C)=O. The van der Waals surface area contributed by atoms with Crippen LogP contribution in [0.25, 0.3) is 0 Å². The number of aliphatic hydroxyl groups is 1. The molecule has 9 heteroatoms. The van der Waals surface area contributed by atoms with Crippen LogP contribution in [0.4, 0.5) is 0 Å². The monoisotopic (exact) mass is 367 g/mol. The van der Waals surface area contributed by atoms with Crippen LogP contribution in [0, 0.1) is 0 Å². The highest BCUT2D eigenvalue weighted by molar-refractivity contribution is 5.80. The maximum Gasteiger partial charge on any atom is 0.305 e. The van der Waals surface area contributed by atoms with Crippen LogP contribution in [-0.4, -0.2) is 53.7 Å². The van der Waals surface area contributed by atoms with Crippen molar-refractivity contribution < 1.29 is 38.4 Å². The maximum absolute atomic E-state index is 11.6. The normalized spacial score (nSPS) is 28.2. The van der Waals surface area contributed by atoms with Gasteiger partial charge in [-0.1, -0.05) is 30.3 Å². The number of hydrogen-bond donors (Lipinski definition) is 2. The zero-order valence-electron chi connectivity index (χ0n) is 14.4. The average molecular weight is 367 g/mol. The van der Waals surface area contributed by atoms with Crippen molar-refractivity contribution in [3.63, 3.8) is 0 Å². The number of esters is 2. The Labute approximate surface area is 150 Å². The third-order valence-corrected chi connectivity index (χ3v) is 3.67. The number of benzene rings is 1. The molecule has 26 heavy (non-hydrogen) atoms. The van der Waals surface area contributed by atoms with Crippen molar-refractivity contribution in [3.05, 3.63) is 35.9 Å². The first kappa shape index (κ1) is 19.8. The van der Waals surface area contributed by atoms with Crippen LogP contribution in [-0.2, 0) is 39.9 Å². The lowest BCUT2D eigenvalue weighted by Gasteiger charge is -2.42. The van der Waals surface area contributed by atoms with Gasteiger partial charge in [0.2, 0.25) is 12.2 Å². The van der Waals surface area contributed by atoms with Crippen LogP contribution in [0.15, 0.2) is 30.3 Å². The van der Waals surface area contributed by atoms with E-state index >= 15 is 0 Å². The number of carbonyl (C=O) groups is 3. The molecule has 0 radical (unpaired) electrons. The van der Waals surface area contributed by atoms with Gasteiger partial charge in [0.15, 0.2) is 12.2 Å². The summed E-state index contributed by atoms with van der Waals surface area (Å²) in [6.07, 6.45) is -6.93. The molecule has 1 aliphatic heterocycles. The van der Waals surface area contributed by atoms with E-state index in [0.717, 1.165) is 19.4 Å². The van der Waals surface area contributed by atoms with E-state index in [1.165, 1.54) is 0 Å². The molecule has 0 aliphatic carbocycles. The first-order valence-electron chi connectivity index (χ1n) is 7.92. The zero-order valence-corrected chi connectivity index (χ0v) is 14.4. The van der Waals surface area contributed by atoms with E-state index in [2.05, 4.69) is 0 Å². The lowest BCUT2D eigenvalue weighted by molar-refractivity contribution is -0.293. The molecule has 0 saturated carbocycles. The summed E-state index contributed by atoms with van der Waals surface area (Å²) in [6, 6.07) is 9.02. The molecule has 0 bridgehead atoms. The summed E-state index contributed by atoms with van der Waals surface area (Å²) in [5, 5.41) is 10.4. The van der Waals surface area contributed by atoms with Gasteiger partial charge in [0.05, 0.1) is 6.61 Å². The second kappa shape index (κ2) is 8.75. The predicted octanol–water partition coefficient (Wildman–Crippen LogP) is -0.362. The van der Waals surface area contributed by atoms with E-state index in [0.29, 0.717) is 0 Å². The van der Waals surface area contributed by atoms with Crippen LogP contribution >= 0.6 is 0 Å². The van der Waals surface area contributed by atoms with E-state index in [-0.39, 0.29) is 6.61 Å². The summed E-state index contributed by atoms with van der Waals surface area (Å²) in [5.74, 6) is -2.40. The third-order valence-electron chi connectivity index (χ3n) is 3.67. The maximum atomic E-state index is 11.6. The van der Waals surface area contributed by atoms with Gasteiger partial charge in [-0.15, -0.1) is 0 Å². The minimum absolute atomic E-state index is 0.0542. The topological polar surface area (TPSA) is 134 Å². The fourth-order valence-corrected chi connectivity index (χ4v) is 2.59. The van der Waals surface area contributed by atoms with Crippen molar-refractivity contribution in [2.45, 2.75) is 51.2 Å². The zero-order chi connectivity index (χ0) is 19.3. The highest BCUT2D eigenvalue weighted by atomic mass is 16.7. The molecule has 1 amide bonds. The Morgan fingerprint density at radius 3 is 2.23 bits per heavy atom. The molecule has 1 aromatic rings. The van der Waals surface area contributed by atoms with Crippen LogP contribution in [0.5, 0.6) is 0 Å². The largest absolute Gasteiger partial charge is 0.453 e. The first-order valence-corrected chi connectivity index (χ1v) is 7.92. The van der Waals surface area contributed by atoms with Crippen molar-refractivity contribution in [2.24, 2.45) is 5.73 Å². The average Bonchev–Trinajstić information content (AvgIpc) is 2.56. The van der Waals surface area contributed by atoms with Crippen molar-refractivity contribution in [1.82, 2.24) is 0 Å². The van der Waals surface area contributed by atoms with E-state index in [1.807, 2.05) is 6.07 Å². The van der Waals surface area contributed by atoms with Crippen molar-refractivity contribution in [1.29, 1.82) is 0 Å². The van der Waals surface area contributed by atoms with E-state index in [9.17, 15) is 19.5 Å². The Bertz CT molecular complexity index is 649. The lowest BCUT2D eigenvalue weighted by Crippen LogP contribution is -2.63. The van der Waals surface area contributed by atoms with Gasteiger partial charge >= 0.3 is 11.9 Å². The van der Waals surface area contributed by atoms with E-state index in [1.54, 1.807) is 24.3 Å². The summed E-state index contributed by atoms with van der Waals surface area (Å²) >= 11 is 0. The minimum Gasteiger partial charge on any atom is -0.453 e. The fourth-order valence-electron chi connectivity index (χ4n) is 2.59. The van der Waals surface area contributed by atoms with Crippen molar-refractivity contribution in [2.75, 3.05) is 0 Å². The first-order chi connectivity index (χ1) is 12.3. The van der Waals surface area contributed by atoms with Crippen LogP contribution in [0.2, 0.25) is 0 Å². The molecule has 0 aromatic heterocycles. The number of carbonyl (C=O) groups excluding carboxylic acids is 3. The number of rotatable bonds is 6. The van der Waals surface area contributed by atoms with Gasteiger partial charge in [-0.25, -0.2) is 0 Å². The summed E-state index contributed by atoms with van der Waals surface area (Å²) in [6.45, 7) is 2.32. The minimum atomic E-state index is -1.52. The lowest BCUT2D eigenvalue weighted by atomic mass is 9.97. The molecule has 0 spiro atoms. The molecule has 1 heterocycles. The molecule has 5 unspecified atom stereocenters. The van der Waals surface area contributed by atoms with E-state index in [4.69, 9.17) is 24.7 Å². The van der Waals surface area contributed by atoms with Gasteiger partial charge < -0.3 is 29.8 Å². The van der Waals surface area contributed by atoms with Gasteiger partial charge in [0.1, 0.15) is 12.2 Å². The molecule has 9 nitrogen and oxygen atoms in total. The van der Waals surface area contributed by atoms with Crippen LogP contribution in [0.1, 0.15) is 19.4 Å². The molecule has 1 aromatic carbocycles. The smallest absolute Gasteiger partial charge is 0.305 e. The molecule has 1 fully saturated rings. The Kier molecular flexibility index (Phi) is 6.67. The number of hydrogen-bond acceptors (Lipinski definition) is 8. The summed E-state index contributed by atoms with van der Waals surface area (Å²) in [7, 11) is 0. The van der Waals surface area contributed by atoms with Gasteiger partial charge in [-0.2, -0.15) is 0 Å². The number of ether oxygens (including phenoxy) is 4. The van der Waals surface area contributed by atoms with Gasteiger partial charge in [-0.3, -0.25) is 14.4 Å². The van der Waals surface area contributed by atoms with Crippen LogP contribution < -0.4 is 5.73 Å². The van der Waals surface area contributed by atoms with Crippen LogP contribution in [0.3, 0.4) is 0 Å².